The van der Waals surface area contributed by atoms with Crippen molar-refractivity contribution < 1.29 is 29.0 Å². The van der Waals surface area contributed by atoms with Gasteiger partial charge in [0.05, 0.1) is 0 Å². The SMILES string of the molecule is CC(C)CNC(=O)[C@@H]1O[C@H]1C(=O)N[C@@H](CC(C)C)C(=O)N1CCC[C@H]1C(=O)O. The highest BCUT2D eigenvalue weighted by atomic mass is 16.6. The fourth-order valence-electron chi connectivity index (χ4n) is 3.35. The number of carboxylic acid groups (broad SMARTS) is 1. The van der Waals surface area contributed by atoms with Crippen LogP contribution in [0, 0.1) is 11.8 Å². The van der Waals surface area contributed by atoms with E-state index in [4.69, 9.17) is 4.74 Å². The molecule has 0 aromatic rings. The molecule has 4 atom stereocenters. The third kappa shape index (κ3) is 5.67. The Morgan fingerprint density at radius 3 is 2.29 bits per heavy atom. The molecule has 2 aliphatic heterocycles. The number of carbonyl (C=O) groups excluding carboxylic acids is 3. The van der Waals surface area contributed by atoms with E-state index in [9.17, 15) is 24.3 Å². The summed E-state index contributed by atoms with van der Waals surface area (Å²) >= 11 is 0. The first kappa shape index (κ1) is 22.1. The summed E-state index contributed by atoms with van der Waals surface area (Å²) in [5, 5.41) is 14.7. The van der Waals surface area contributed by atoms with E-state index in [1.54, 1.807) is 0 Å². The summed E-state index contributed by atoms with van der Waals surface area (Å²) in [4.78, 5) is 50.1. The van der Waals surface area contributed by atoms with Crippen molar-refractivity contribution in [3.63, 3.8) is 0 Å². The number of nitrogens with one attached hydrogen (secondary N) is 2. The van der Waals surface area contributed by atoms with Crippen molar-refractivity contribution in [2.24, 2.45) is 11.8 Å². The molecular weight excluding hydrogens is 366 g/mol. The predicted octanol–water partition coefficient (Wildman–Crippen LogP) is 0.133. The number of hydrogen-bond acceptors (Lipinski definition) is 5. The van der Waals surface area contributed by atoms with Crippen LogP contribution in [0.3, 0.4) is 0 Å². The second-order valence-corrected chi connectivity index (χ2v) is 8.33. The number of epoxide rings is 1. The van der Waals surface area contributed by atoms with Crippen molar-refractivity contribution in [3.8, 4) is 0 Å². The maximum atomic E-state index is 12.9. The molecule has 9 heteroatoms. The highest BCUT2D eigenvalue weighted by Crippen LogP contribution is 2.24. The number of nitrogens with zero attached hydrogens (tertiary/aromatic N) is 1. The van der Waals surface area contributed by atoms with Gasteiger partial charge >= 0.3 is 5.97 Å². The molecule has 3 amide bonds. The van der Waals surface area contributed by atoms with Gasteiger partial charge in [0, 0.05) is 13.1 Å². The van der Waals surface area contributed by atoms with Gasteiger partial charge in [-0.1, -0.05) is 27.7 Å². The van der Waals surface area contributed by atoms with E-state index in [-0.39, 0.29) is 17.7 Å². The van der Waals surface area contributed by atoms with Crippen LogP contribution in [0.15, 0.2) is 0 Å². The normalized spacial score (nSPS) is 24.9. The fraction of sp³-hybridized carbons (Fsp3) is 0.789. The summed E-state index contributed by atoms with van der Waals surface area (Å²) in [6.07, 6.45) is -0.345. The summed E-state index contributed by atoms with van der Waals surface area (Å²) in [5.41, 5.74) is 0. The predicted molar refractivity (Wildman–Crippen MR) is 100 cm³/mol. The Hall–Kier alpha value is -2.16. The molecule has 2 heterocycles. The minimum absolute atomic E-state index is 0.116. The average Bonchev–Trinajstić information content (AvgIpc) is 3.26. The van der Waals surface area contributed by atoms with Gasteiger partial charge in [0.15, 0.2) is 12.2 Å². The smallest absolute Gasteiger partial charge is 0.326 e. The Morgan fingerprint density at radius 1 is 1.07 bits per heavy atom. The summed E-state index contributed by atoms with van der Waals surface area (Å²) in [5.74, 6) is -1.89. The van der Waals surface area contributed by atoms with Gasteiger partial charge in [-0.25, -0.2) is 4.79 Å². The summed E-state index contributed by atoms with van der Waals surface area (Å²) < 4.78 is 5.20. The first-order chi connectivity index (χ1) is 13.1. The first-order valence-corrected chi connectivity index (χ1v) is 9.88. The zero-order valence-corrected chi connectivity index (χ0v) is 16.9. The number of ether oxygens (including phenoxy) is 1. The average molecular weight is 397 g/mol. The van der Waals surface area contributed by atoms with Crippen LogP contribution in [-0.4, -0.2) is 71.1 Å². The second kappa shape index (κ2) is 9.36. The van der Waals surface area contributed by atoms with E-state index in [0.29, 0.717) is 32.4 Å². The molecule has 0 bridgehead atoms. The molecule has 0 unspecified atom stereocenters. The van der Waals surface area contributed by atoms with E-state index in [1.165, 1.54) is 4.90 Å². The Bertz CT molecular complexity index is 621. The monoisotopic (exact) mass is 397 g/mol. The van der Waals surface area contributed by atoms with Crippen LogP contribution in [0.1, 0.15) is 47.0 Å². The maximum Gasteiger partial charge on any atom is 0.326 e. The van der Waals surface area contributed by atoms with Gasteiger partial charge in [-0.3, -0.25) is 14.4 Å². The Labute approximate surface area is 165 Å². The third-order valence-corrected chi connectivity index (χ3v) is 4.84. The molecule has 0 spiro atoms. The van der Waals surface area contributed by atoms with Crippen LogP contribution in [0.5, 0.6) is 0 Å². The minimum Gasteiger partial charge on any atom is -0.480 e. The fourth-order valence-corrected chi connectivity index (χ4v) is 3.35. The molecule has 0 saturated carbocycles. The molecule has 9 nitrogen and oxygen atoms in total. The largest absolute Gasteiger partial charge is 0.480 e. The van der Waals surface area contributed by atoms with E-state index < -0.39 is 42.1 Å². The lowest BCUT2D eigenvalue weighted by molar-refractivity contribution is -0.149. The van der Waals surface area contributed by atoms with Crippen molar-refractivity contribution in [2.75, 3.05) is 13.1 Å². The standard InChI is InChI=1S/C19H31N3O6/c1-10(2)8-12(18(25)22-7-5-6-13(22)19(26)27)21-17(24)15-14(28-15)16(23)20-9-11(3)4/h10-15H,5-9H2,1-4H3,(H,20,23)(H,21,24)(H,26,27)/t12-,13-,14+,15+/m0/s1. The van der Waals surface area contributed by atoms with Crippen LogP contribution >= 0.6 is 0 Å². The zero-order valence-electron chi connectivity index (χ0n) is 16.9. The zero-order chi connectivity index (χ0) is 21.0. The van der Waals surface area contributed by atoms with Gasteiger partial charge in [0.25, 0.3) is 11.8 Å². The molecule has 2 rings (SSSR count). The van der Waals surface area contributed by atoms with Gasteiger partial charge < -0.3 is 25.4 Å². The number of amides is 3. The van der Waals surface area contributed by atoms with Crippen LogP contribution in [-0.2, 0) is 23.9 Å². The molecule has 2 fully saturated rings. The number of aliphatic carboxylic acids is 1. The van der Waals surface area contributed by atoms with Crippen molar-refractivity contribution in [3.05, 3.63) is 0 Å². The summed E-state index contributed by atoms with van der Waals surface area (Å²) in [6, 6.07) is -1.69. The van der Waals surface area contributed by atoms with Crippen molar-refractivity contribution in [1.29, 1.82) is 0 Å². The van der Waals surface area contributed by atoms with E-state index >= 15 is 0 Å². The molecular formula is C19H31N3O6. The summed E-state index contributed by atoms with van der Waals surface area (Å²) in [7, 11) is 0. The molecule has 3 N–H and O–H groups in total. The Kier molecular flexibility index (Phi) is 7.40. The lowest BCUT2D eigenvalue weighted by atomic mass is 10.0. The maximum absolute atomic E-state index is 12.9. The van der Waals surface area contributed by atoms with Gasteiger partial charge in [-0.2, -0.15) is 0 Å². The van der Waals surface area contributed by atoms with Crippen LogP contribution in [0.25, 0.3) is 0 Å². The number of hydrogen-bond donors (Lipinski definition) is 3. The van der Waals surface area contributed by atoms with Gasteiger partial charge in [-0.15, -0.1) is 0 Å². The van der Waals surface area contributed by atoms with Gasteiger partial charge in [-0.05, 0) is 31.1 Å². The van der Waals surface area contributed by atoms with E-state index in [0.717, 1.165) is 0 Å². The van der Waals surface area contributed by atoms with Crippen LogP contribution < -0.4 is 10.6 Å². The Morgan fingerprint density at radius 2 is 1.71 bits per heavy atom. The minimum atomic E-state index is -1.03. The van der Waals surface area contributed by atoms with Crippen LogP contribution in [0.2, 0.25) is 0 Å². The number of carbonyl (C=O) groups is 4. The third-order valence-electron chi connectivity index (χ3n) is 4.84. The first-order valence-electron chi connectivity index (χ1n) is 9.88. The van der Waals surface area contributed by atoms with Crippen LogP contribution in [0.4, 0.5) is 0 Å². The molecule has 2 aliphatic rings. The van der Waals surface area contributed by atoms with E-state index in [1.807, 2.05) is 27.7 Å². The van der Waals surface area contributed by atoms with Gasteiger partial charge in [0.2, 0.25) is 5.91 Å². The number of carboxylic acids is 1. The molecule has 0 radical (unpaired) electrons. The molecule has 28 heavy (non-hydrogen) atoms. The molecule has 2 saturated heterocycles. The Balaban J connectivity index is 1.97. The van der Waals surface area contributed by atoms with Crippen molar-refractivity contribution >= 4 is 23.7 Å². The lowest BCUT2D eigenvalue weighted by Gasteiger charge is -2.28. The van der Waals surface area contributed by atoms with Crippen molar-refractivity contribution in [2.45, 2.75) is 71.2 Å². The molecule has 0 aliphatic carbocycles. The van der Waals surface area contributed by atoms with E-state index in [2.05, 4.69) is 10.6 Å². The molecule has 158 valence electrons. The summed E-state index contributed by atoms with van der Waals surface area (Å²) in [6.45, 7) is 8.61. The quantitative estimate of drug-likeness (QED) is 0.475. The number of rotatable bonds is 9. The highest BCUT2D eigenvalue weighted by Gasteiger charge is 2.51. The van der Waals surface area contributed by atoms with Gasteiger partial charge in [0.1, 0.15) is 12.1 Å². The molecule has 0 aromatic carbocycles. The highest BCUT2D eigenvalue weighted by molar-refractivity contribution is 5.97. The topological polar surface area (TPSA) is 128 Å². The number of likely N-dealkylation sites (tertiary alicyclic amines) is 1. The lowest BCUT2D eigenvalue weighted by Crippen LogP contribution is -2.53. The molecule has 0 aromatic heterocycles. The van der Waals surface area contributed by atoms with Crippen molar-refractivity contribution in [1.82, 2.24) is 15.5 Å². The second-order valence-electron chi connectivity index (χ2n) is 8.33.